The number of nitrogens with one attached hydrogen (secondary N) is 1. The van der Waals surface area contributed by atoms with Gasteiger partial charge < -0.3 is 5.32 Å². The van der Waals surface area contributed by atoms with Gasteiger partial charge in [0, 0.05) is 17.0 Å². The minimum absolute atomic E-state index is 0.278. The van der Waals surface area contributed by atoms with Crippen molar-refractivity contribution in [2.24, 2.45) is 11.0 Å². The molecule has 3 unspecified atom stereocenters. The smallest absolute Gasteiger partial charge is 0.0429 e. The van der Waals surface area contributed by atoms with Gasteiger partial charge in [0.2, 0.25) is 0 Å². The summed E-state index contributed by atoms with van der Waals surface area (Å²) in [6, 6.07) is 0.930. The van der Waals surface area contributed by atoms with Gasteiger partial charge in [0.05, 0.1) is 0 Å². The van der Waals surface area contributed by atoms with Crippen LogP contribution in [0.5, 0.6) is 0 Å². The van der Waals surface area contributed by atoms with Crippen molar-refractivity contribution in [1.82, 2.24) is 5.32 Å². The van der Waals surface area contributed by atoms with Crippen LogP contribution < -0.4 is 5.32 Å². The Morgan fingerprint density at radius 1 is 1.36 bits per heavy atom. The van der Waals surface area contributed by atoms with Gasteiger partial charge in [-0.25, -0.2) is 0 Å². The summed E-state index contributed by atoms with van der Waals surface area (Å²) in [5.41, 5.74) is 8.28. The largest absolute Gasteiger partial charge is 0.314 e. The standard InChI is InChI=1S/C7H12N4/c8-11-10-7-3-4-9-6-2-1-5(6)7/h5-7,9H,1-4H2. The molecule has 1 saturated heterocycles. The number of hydrogen-bond donors (Lipinski definition) is 1. The van der Waals surface area contributed by atoms with Crippen LogP contribution in [0.15, 0.2) is 5.11 Å². The van der Waals surface area contributed by atoms with E-state index in [2.05, 4.69) is 15.3 Å². The van der Waals surface area contributed by atoms with Gasteiger partial charge in [-0.3, -0.25) is 0 Å². The highest BCUT2D eigenvalue weighted by atomic mass is 15.2. The molecule has 1 aliphatic heterocycles. The van der Waals surface area contributed by atoms with Crippen LogP contribution in [0, 0.1) is 5.92 Å². The van der Waals surface area contributed by atoms with Crippen molar-refractivity contribution in [3.8, 4) is 0 Å². The number of azide groups is 1. The monoisotopic (exact) mass is 152 g/mol. The van der Waals surface area contributed by atoms with E-state index in [-0.39, 0.29) is 6.04 Å². The molecule has 60 valence electrons. The second kappa shape index (κ2) is 2.72. The molecule has 1 heterocycles. The second-order valence-electron chi connectivity index (χ2n) is 3.36. The molecule has 1 N–H and O–H groups in total. The van der Waals surface area contributed by atoms with Gasteiger partial charge in [-0.1, -0.05) is 5.11 Å². The summed E-state index contributed by atoms with van der Waals surface area (Å²) in [6.07, 6.45) is 3.52. The summed E-state index contributed by atoms with van der Waals surface area (Å²) in [4.78, 5) is 2.88. The van der Waals surface area contributed by atoms with Gasteiger partial charge in [-0.2, -0.15) is 0 Å². The van der Waals surface area contributed by atoms with E-state index in [1.165, 1.54) is 12.8 Å². The first kappa shape index (κ1) is 6.95. The fraction of sp³-hybridized carbons (Fsp3) is 1.00. The molecular weight excluding hydrogens is 140 g/mol. The van der Waals surface area contributed by atoms with Crippen molar-refractivity contribution < 1.29 is 0 Å². The zero-order valence-corrected chi connectivity index (χ0v) is 6.40. The zero-order valence-electron chi connectivity index (χ0n) is 6.40. The molecule has 0 spiro atoms. The molecule has 11 heavy (non-hydrogen) atoms. The van der Waals surface area contributed by atoms with Crippen molar-refractivity contribution in [3.05, 3.63) is 10.4 Å². The highest BCUT2D eigenvalue weighted by Crippen LogP contribution is 2.35. The normalized spacial score (nSPS) is 41.6. The first-order chi connectivity index (χ1) is 5.42. The van der Waals surface area contributed by atoms with Crippen LogP contribution in [0.2, 0.25) is 0 Å². The van der Waals surface area contributed by atoms with E-state index in [4.69, 9.17) is 5.53 Å². The van der Waals surface area contributed by atoms with Crippen molar-refractivity contribution in [1.29, 1.82) is 0 Å². The Kier molecular flexibility index (Phi) is 1.72. The maximum Gasteiger partial charge on any atom is 0.0429 e. The van der Waals surface area contributed by atoms with Crippen molar-refractivity contribution in [2.45, 2.75) is 31.3 Å². The lowest BCUT2D eigenvalue weighted by atomic mass is 9.72. The zero-order chi connectivity index (χ0) is 7.68. The SMILES string of the molecule is [N-]=[N+]=NC1CCNC2CCC12. The minimum Gasteiger partial charge on any atom is -0.314 e. The third kappa shape index (κ3) is 1.08. The Labute approximate surface area is 65.6 Å². The van der Waals surface area contributed by atoms with Crippen LogP contribution in [0.3, 0.4) is 0 Å². The van der Waals surface area contributed by atoms with Crippen LogP contribution in [0.1, 0.15) is 19.3 Å². The first-order valence-electron chi connectivity index (χ1n) is 4.19. The molecule has 1 aliphatic carbocycles. The number of fused-ring (bicyclic) bond motifs is 1. The van der Waals surface area contributed by atoms with Gasteiger partial charge in [0.15, 0.2) is 0 Å². The summed E-state index contributed by atoms with van der Waals surface area (Å²) >= 11 is 0. The van der Waals surface area contributed by atoms with Crippen LogP contribution >= 0.6 is 0 Å². The Bertz CT molecular complexity index is 197. The van der Waals surface area contributed by atoms with E-state index in [0.717, 1.165) is 13.0 Å². The summed E-state index contributed by atoms with van der Waals surface area (Å²) < 4.78 is 0. The Balaban J connectivity index is 2.02. The summed E-state index contributed by atoms with van der Waals surface area (Å²) in [6.45, 7) is 1.02. The fourth-order valence-electron chi connectivity index (χ4n) is 2.08. The van der Waals surface area contributed by atoms with E-state index in [0.29, 0.717) is 12.0 Å². The molecule has 0 aromatic rings. The quantitative estimate of drug-likeness (QED) is 0.345. The number of hydrogen-bond acceptors (Lipinski definition) is 2. The molecule has 0 amide bonds. The first-order valence-corrected chi connectivity index (χ1v) is 4.19. The van der Waals surface area contributed by atoms with Gasteiger partial charge in [-0.15, -0.1) is 0 Å². The lowest BCUT2D eigenvalue weighted by molar-refractivity contribution is 0.136. The molecule has 0 bridgehead atoms. The van der Waals surface area contributed by atoms with Gasteiger partial charge in [0.25, 0.3) is 0 Å². The third-order valence-electron chi connectivity index (χ3n) is 2.87. The topological polar surface area (TPSA) is 60.8 Å². The van der Waals surface area contributed by atoms with Crippen LogP contribution in [-0.2, 0) is 0 Å². The molecule has 2 aliphatic rings. The fourth-order valence-corrected chi connectivity index (χ4v) is 2.08. The van der Waals surface area contributed by atoms with Gasteiger partial charge in [0.1, 0.15) is 0 Å². The maximum atomic E-state index is 8.28. The average molecular weight is 152 g/mol. The highest BCUT2D eigenvalue weighted by molar-refractivity contribution is 4.97. The second-order valence-corrected chi connectivity index (χ2v) is 3.36. The van der Waals surface area contributed by atoms with E-state index in [9.17, 15) is 0 Å². The average Bonchev–Trinajstić information content (AvgIpc) is 1.94. The van der Waals surface area contributed by atoms with Crippen molar-refractivity contribution in [3.63, 3.8) is 0 Å². The summed E-state index contributed by atoms with van der Waals surface area (Å²) in [7, 11) is 0. The molecule has 1 saturated carbocycles. The predicted octanol–water partition coefficient (Wildman–Crippen LogP) is 1.44. The number of piperidine rings is 1. The molecule has 2 fully saturated rings. The third-order valence-corrected chi connectivity index (χ3v) is 2.87. The Hall–Kier alpha value is -0.730. The van der Waals surface area contributed by atoms with Crippen LogP contribution in [0.25, 0.3) is 10.4 Å². The van der Waals surface area contributed by atoms with Crippen molar-refractivity contribution >= 4 is 0 Å². The van der Waals surface area contributed by atoms with Crippen LogP contribution in [0.4, 0.5) is 0 Å². The van der Waals surface area contributed by atoms with E-state index in [1.54, 1.807) is 0 Å². The molecule has 0 radical (unpaired) electrons. The Morgan fingerprint density at radius 2 is 2.27 bits per heavy atom. The van der Waals surface area contributed by atoms with Gasteiger partial charge >= 0.3 is 0 Å². The molecule has 4 heteroatoms. The lowest BCUT2D eigenvalue weighted by Gasteiger charge is -2.44. The van der Waals surface area contributed by atoms with Crippen LogP contribution in [-0.4, -0.2) is 18.6 Å². The van der Waals surface area contributed by atoms with E-state index >= 15 is 0 Å². The van der Waals surface area contributed by atoms with E-state index < -0.39 is 0 Å². The molecular formula is C7H12N4. The van der Waals surface area contributed by atoms with Crippen molar-refractivity contribution in [2.75, 3.05) is 6.54 Å². The maximum absolute atomic E-state index is 8.28. The highest BCUT2D eigenvalue weighted by Gasteiger charge is 2.38. The molecule has 0 aromatic heterocycles. The minimum atomic E-state index is 0.278. The molecule has 3 atom stereocenters. The summed E-state index contributed by atoms with van der Waals surface area (Å²) in [5.74, 6) is 0.639. The molecule has 4 nitrogen and oxygen atoms in total. The predicted molar refractivity (Wildman–Crippen MR) is 42.1 cm³/mol. The lowest BCUT2D eigenvalue weighted by Crippen LogP contribution is -2.53. The van der Waals surface area contributed by atoms with Gasteiger partial charge in [-0.05, 0) is 37.3 Å². The van der Waals surface area contributed by atoms with E-state index in [1.807, 2.05) is 0 Å². The summed E-state index contributed by atoms with van der Waals surface area (Å²) in [5, 5.41) is 7.23. The number of rotatable bonds is 1. The molecule has 2 rings (SSSR count). The molecule has 0 aromatic carbocycles. The Morgan fingerprint density at radius 3 is 2.91 bits per heavy atom. The number of nitrogens with zero attached hydrogens (tertiary/aromatic N) is 3.